The lowest BCUT2D eigenvalue weighted by Gasteiger charge is -2.17. The molecule has 1 saturated heterocycles. The van der Waals surface area contributed by atoms with E-state index in [1.807, 2.05) is 0 Å². The van der Waals surface area contributed by atoms with E-state index in [9.17, 15) is 22.7 Å². The maximum atomic E-state index is 13.1. The Morgan fingerprint density at radius 1 is 1.26 bits per heavy atom. The molecule has 0 saturated carbocycles. The highest BCUT2D eigenvalue weighted by Crippen LogP contribution is 2.34. The van der Waals surface area contributed by atoms with Crippen LogP contribution < -0.4 is 0 Å². The van der Waals surface area contributed by atoms with Gasteiger partial charge in [0.25, 0.3) is 0 Å². The number of halogens is 4. The predicted octanol–water partition coefficient (Wildman–Crippen LogP) is 2.64. The van der Waals surface area contributed by atoms with Crippen LogP contribution in [0.3, 0.4) is 0 Å². The normalized spacial score (nSPS) is 18.8. The number of aliphatic hydroxyl groups excluding tert-OH is 1. The highest BCUT2D eigenvalue weighted by Gasteiger charge is 2.35. The van der Waals surface area contributed by atoms with Gasteiger partial charge in [0.1, 0.15) is 5.82 Å². The Morgan fingerprint density at radius 2 is 1.89 bits per heavy atom. The number of hydrogen-bond donors (Lipinski definition) is 1. The van der Waals surface area contributed by atoms with Crippen molar-refractivity contribution in [3.63, 3.8) is 0 Å². The van der Waals surface area contributed by atoms with E-state index in [-0.39, 0.29) is 12.0 Å². The van der Waals surface area contributed by atoms with Gasteiger partial charge in [-0.3, -0.25) is 0 Å². The standard InChI is InChI=1S/C12H12F4O3/c13-9-2-1-7(5-8(9)12(14,15)16)10(17)6-11-18-3-4-19-11/h1-2,5,10-11,17H,3-4,6H2. The Bertz CT molecular complexity index is 441. The lowest BCUT2D eigenvalue weighted by Crippen LogP contribution is -2.15. The van der Waals surface area contributed by atoms with Crippen LogP contribution in [0.4, 0.5) is 17.6 Å². The van der Waals surface area contributed by atoms with Crippen LogP contribution in [0, 0.1) is 5.82 Å². The first-order chi connectivity index (χ1) is 8.88. The second-order valence-corrected chi connectivity index (χ2v) is 4.16. The van der Waals surface area contributed by atoms with Crippen molar-refractivity contribution < 1.29 is 32.1 Å². The molecular weight excluding hydrogens is 268 g/mol. The van der Waals surface area contributed by atoms with Gasteiger partial charge >= 0.3 is 6.18 Å². The summed E-state index contributed by atoms with van der Waals surface area (Å²) < 4.78 is 60.8. The van der Waals surface area contributed by atoms with Crippen molar-refractivity contribution in [1.29, 1.82) is 0 Å². The summed E-state index contributed by atoms with van der Waals surface area (Å²) in [5.41, 5.74) is -1.41. The maximum absolute atomic E-state index is 13.1. The third kappa shape index (κ3) is 3.43. The van der Waals surface area contributed by atoms with Gasteiger partial charge in [0.2, 0.25) is 0 Å². The van der Waals surface area contributed by atoms with E-state index < -0.39 is 30.0 Å². The van der Waals surface area contributed by atoms with Gasteiger partial charge < -0.3 is 14.6 Å². The minimum absolute atomic E-state index is 0.00291. The first-order valence-corrected chi connectivity index (χ1v) is 5.66. The van der Waals surface area contributed by atoms with E-state index in [0.717, 1.165) is 6.07 Å². The molecular formula is C12H12F4O3. The summed E-state index contributed by atoms with van der Waals surface area (Å²) in [6, 6.07) is 2.41. The number of ether oxygens (including phenoxy) is 2. The third-order valence-corrected chi connectivity index (χ3v) is 2.79. The summed E-state index contributed by atoms with van der Waals surface area (Å²) in [5, 5.41) is 9.81. The Balaban J connectivity index is 2.15. The second kappa shape index (κ2) is 5.44. The van der Waals surface area contributed by atoms with Gasteiger partial charge in [0, 0.05) is 6.42 Å². The van der Waals surface area contributed by atoms with Crippen molar-refractivity contribution in [2.75, 3.05) is 13.2 Å². The van der Waals surface area contributed by atoms with Crippen molar-refractivity contribution in [3.05, 3.63) is 35.1 Å². The number of benzene rings is 1. The fraction of sp³-hybridized carbons (Fsp3) is 0.500. The van der Waals surface area contributed by atoms with Gasteiger partial charge in [-0.05, 0) is 17.7 Å². The average Bonchev–Trinajstić information content (AvgIpc) is 2.80. The molecule has 1 unspecified atom stereocenters. The molecule has 1 aliphatic rings. The summed E-state index contributed by atoms with van der Waals surface area (Å²) in [6.07, 6.45) is -6.64. The molecule has 1 aromatic carbocycles. The molecule has 1 aromatic rings. The van der Waals surface area contributed by atoms with E-state index in [1.54, 1.807) is 0 Å². The van der Waals surface area contributed by atoms with E-state index >= 15 is 0 Å². The van der Waals surface area contributed by atoms with Crippen LogP contribution in [0.15, 0.2) is 18.2 Å². The zero-order valence-electron chi connectivity index (χ0n) is 9.78. The molecule has 3 nitrogen and oxygen atoms in total. The molecule has 2 rings (SSSR count). The van der Waals surface area contributed by atoms with Gasteiger partial charge in [-0.15, -0.1) is 0 Å². The second-order valence-electron chi connectivity index (χ2n) is 4.16. The van der Waals surface area contributed by atoms with Crippen molar-refractivity contribution >= 4 is 0 Å². The number of rotatable bonds is 3. The Morgan fingerprint density at radius 3 is 2.47 bits per heavy atom. The van der Waals surface area contributed by atoms with Crippen LogP contribution in [0.1, 0.15) is 23.7 Å². The first-order valence-electron chi connectivity index (χ1n) is 5.66. The van der Waals surface area contributed by atoms with Crippen LogP contribution in [0.2, 0.25) is 0 Å². The summed E-state index contributed by atoms with van der Waals surface area (Å²) in [5.74, 6) is -1.36. The van der Waals surface area contributed by atoms with Crippen LogP contribution in [0.5, 0.6) is 0 Å². The minimum atomic E-state index is -4.79. The molecule has 1 fully saturated rings. The minimum Gasteiger partial charge on any atom is -0.388 e. The molecule has 0 spiro atoms. The van der Waals surface area contributed by atoms with Crippen molar-refractivity contribution in [2.24, 2.45) is 0 Å². The smallest absolute Gasteiger partial charge is 0.388 e. The van der Waals surface area contributed by atoms with Crippen molar-refractivity contribution in [3.8, 4) is 0 Å². The highest BCUT2D eigenvalue weighted by molar-refractivity contribution is 5.28. The largest absolute Gasteiger partial charge is 0.419 e. The molecule has 1 heterocycles. The molecule has 0 aliphatic carbocycles. The van der Waals surface area contributed by atoms with E-state index in [2.05, 4.69) is 0 Å². The molecule has 0 bridgehead atoms. The molecule has 1 N–H and O–H groups in total. The van der Waals surface area contributed by atoms with Crippen LogP contribution in [-0.4, -0.2) is 24.6 Å². The van der Waals surface area contributed by atoms with E-state index in [1.165, 1.54) is 0 Å². The summed E-state index contributed by atoms with van der Waals surface area (Å²) in [7, 11) is 0. The van der Waals surface area contributed by atoms with Crippen molar-refractivity contribution in [1.82, 2.24) is 0 Å². The fourth-order valence-corrected chi connectivity index (χ4v) is 1.83. The molecule has 0 amide bonds. The number of aliphatic hydroxyl groups is 1. The van der Waals surface area contributed by atoms with E-state index in [4.69, 9.17) is 9.47 Å². The highest BCUT2D eigenvalue weighted by atomic mass is 19.4. The predicted molar refractivity (Wildman–Crippen MR) is 56.7 cm³/mol. The summed E-state index contributed by atoms with van der Waals surface area (Å²) >= 11 is 0. The quantitative estimate of drug-likeness (QED) is 0.865. The summed E-state index contributed by atoms with van der Waals surface area (Å²) in [6.45, 7) is 0.767. The van der Waals surface area contributed by atoms with Gasteiger partial charge in [0.15, 0.2) is 6.29 Å². The van der Waals surface area contributed by atoms with Crippen LogP contribution in [-0.2, 0) is 15.7 Å². The molecule has 7 heteroatoms. The van der Waals surface area contributed by atoms with Crippen molar-refractivity contribution in [2.45, 2.75) is 25.0 Å². The molecule has 0 radical (unpaired) electrons. The molecule has 1 aliphatic heterocycles. The van der Waals surface area contributed by atoms with Gasteiger partial charge in [-0.25, -0.2) is 4.39 Å². The fourth-order valence-electron chi connectivity index (χ4n) is 1.83. The SMILES string of the molecule is OC(CC1OCCO1)c1ccc(F)c(C(F)(F)F)c1. The van der Waals surface area contributed by atoms with Crippen LogP contribution in [0.25, 0.3) is 0 Å². The molecule has 1 atom stereocenters. The average molecular weight is 280 g/mol. The molecule has 106 valence electrons. The number of alkyl halides is 3. The lowest BCUT2D eigenvalue weighted by atomic mass is 10.0. The monoisotopic (exact) mass is 280 g/mol. The molecule has 0 aromatic heterocycles. The van der Waals surface area contributed by atoms with Gasteiger partial charge in [-0.1, -0.05) is 6.07 Å². The Labute approximate surface area is 106 Å². The Hall–Kier alpha value is -1.18. The number of hydrogen-bond acceptors (Lipinski definition) is 3. The zero-order chi connectivity index (χ0) is 14.0. The topological polar surface area (TPSA) is 38.7 Å². The first kappa shape index (κ1) is 14.2. The van der Waals surface area contributed by atoms with Gasteiger partial charge in [0.05, 0.1) is 24.9 Å². The maximum Gasteiger partial charge on any atom is 0.419 e. The zero-order valence-corrected chi connectivity index (χ0v) is 9.78. The van der Waals surface area contributed by atoms with Gasteiger partial charge in [-0.2, -0.15) is 13.2 Å². The van der Waals surface area contributed by atoms with E-state index in [0.29, 0.717) is 25.3 Å². The third-order valence-electron chi connectivity index (χ3n) is 2.79. The lowest BCUT2D eigenvalue weighted by molar-refractivity contribution is -0.140. The van der Waals surface area contributed by atoms with Crippen LogP contribution >= 0.6 is 0 Å². The molecule has 19 heavy (non-hydrogen) atoms. The Kier molecular flexibility index (Phi) is 4.07. The summed E-state index contributed by atoms with van der Waals surface area (Å²) in [4.78, 5) is 0.